The Hall–Kier alpha value is -3.08. The predicted molar refractivity (Wildman–Crippen MR) is 98.0 cm³/mol. The second-order valence-corrected chi connectivity index (χ2v) is 6.54. The Bertz CT molecular complexity index is 988. The molecular weight excluding hydrogens is 310 g/mol. The van der Waals surface area contributed by atoms with Crippen LogP contribution in [0, 0.1) is 5.92 Å². The zero-order valence-corrected chi connectivity index (χ0v) is 14.3. The number of nitrogens with zero attached hydrogens (tertiary/aromatic N) is 5. The molecule has 0 fully saturated rings. The van der Waals surface area contributed by atoms with Gasteiger partial charge in [0.05, 0.1) is 11.9 Å². The third-order valence-electron chi connectivity index (χ3n) is 4.07. The van der Waals surface area contributed by atoms with Crippen LogP contribution in [0.4, 0.5) is 0 Å². The van der Waals surface area contributed by atoms with Crippen molar-refractivity contribution in [2.45, 2.75) is 20.3 Å². The van der Waals surface area contributed by atoms with Crippen LogP contribution in [0.5, 0.6) is 0 Å². The maximum absolute atomic E-state index is 4.61. The van der Waals surface area contributed by atoms with Crippen LogP contribution >= 0.6 is 0 Å². The SMILES string of the molecule is CC(C)Cc1ccc(-c2cnn3c(-c4ccccc4)nnc3n2)cc1. The standard InChI is InChI=1S/C20H19N5/c1-14(2)12-15-8-10-16(11-9-15)18-13-21-25-19(23-24-20(25)22-18)17-6-4-3-5-7-17/h3-11,13-14H,12H2,1-2H3. The van der Waals surface area contributed by atoms with E-state index >= 15 is 0 Å². The highest BCUT2D eigenvalue weighted by atomic mass is 15.4. The van der Waals surface area contributed by atoms with E-state index in [9.17, 15) is 0 Å². The number of hydrogen-bond acceptors (Lipinski definition) is 4. The lowest BCUT2D eigenvalue weighted by Gasteiger charge is -2.06. The molecule has 0 bridgehead atoms. The summed E-state index contributed by atoms with van der Waals surface area (Å²) in [4.78, 5) is 4.61. The van der Waals surface area contributed by atoms with Crippen molar-refractivity contribution < 1.29 is 0 Å². The van der Waals surface area contributed by atoms with Gasteiger partial charge in [0, 0.05) is 11.1 Å². The first-order valence-corrected chi connectivity index (χ1v) is 8.44. The summed E-state index contributed by atoms with van der Waals surface area (Å²) in [6.07, 6.45) is 2.84. The lowest BCUT2D eigenvalue weighted by atomic mass is 10.0. The van der Waals surface area contributed by atoms with Gasteiger partial charge >= 0.3 is 0 Å². The van der Waals surface area contributed by atoms with Gasteiger partial charge in [0.2, 0.25) is 0 Å². The van der Waals surface area contributed by atoms with Crippen molar-refractivity contribution in [1.82, 2.24) is 24.8 Å². The van der Waals surface area contributed by atoms with Crippen LogP contribution in [0.15, 0.2) is 60.8 Å². The molecule has 4 aromatic rings. The molecule has 2 heterocycles. The van der Waals surface area contributed by atoms with Crippen LogP contribution in [0.3, 0.4) is 0 Å². The Labute approximate surface area is 146 Å². The summed E-state index contributed by atoms with van der Waals surface area (Å²) < 4.78 is 1.67. The summed E-state index contributed by atoms with van der Waals surface area (Å²) in [5, 5.41) is 12.9. The second-order valence-electron chi connectivity index (χ2n) is 6.54. The first-order valence-electron chi connectivity index (χ1n) is 8.44. The molecule has 0 aliphatic rings. The molecule has 4 rings (SSSR count). The van der Waals surface area contributed by atoms with Gasteiger partial charge in [-0.05, 0) is 17.9 Å². The zero-order chi connectivity index (χ0) is 17.2. The molecule has 0 spiro atoms. The van der Waals surface area contributed by atoms with E-state index in [0.29, 0.717) is 17.5 Å². The number of aromatic nitrogens is 5. The highest BCUT2D eigenvalue weighted by Crippen LogP contribution is 2.21. The van der Waals surface area contributed by atoms with E-state index in [-0.39, 0.29) is 0 Å². The minimum Gasteiger partial charge on any atom is -0.208 e. The Balaban J connectivity index is 1.68. The molecule has 5 heteroatoms. The van der Waals surface area contributed by atoms with E-state index in [1.165, 1.54) is 5.56 Å². The Morgan fingerprint density at radius 1 is 0.880 bits per heavy atom. The average Bonchev–Trinajstić information content (AvgIpc) is 3.06. The maximum Gasteiger partial charge on any atom is 0.272 e. The fourth-order valence-corrected chi connectivity index (χ4v) is 2.89. The van der Waals surface area contributed by atoms with Crippen molar-refractivity contribution in [2.24, 2.45) is 5.92 Å². The molecular formula is C20H19N5. The lowest BCUT2D eigenvalue weighted by molar-refractivity contribution is 0.647. The monoisotopic (exact) mass is 329 g/mol. The number of rotatable bonds is 4. The van der Waals surface area contributed by atoms with Gasteiger partial charge in [0.1, 0.15) is 0 Å². The van der Waals surface area contributed by atoms with E-state index in [2.05, 4.69) is 58.4 Å². The number of hydrogen-bond donors (Lipinski definition) is 0. The summed E-state index contributed by atoms with van der Waals surface area (Å²) >= 11 is 0. The van der Waals surface area contributed by atoms with Gasteiger partial charge in [-0.1, -0.05) is 68.4 Å². The largest absolute Gasteiger partial charge is 0.272 e. The number of fused-ring (bicyclic) bond motifs is 1. The van der Waals surface area contributed by atoms with Gasteiger partial charge < -0.3 is 0 Å². The molecule has 25 heavy (non-hydrogen) atoms. The van der Waals surface area contributed by atoms with E-state index in [1.54, 1.807) is 10.7 Å². The molecule has 2 aromatic heterocycles. The van der Waals surface area contributed by atoms with Crippen LogP contribution in [-0.4, -0.2) is 24.8 Å². The third kappa shape index (κ3) is 3.13. The van der Waals surface area contributed by atoms with E-state index in [4.69, 9.17) is 0 Å². The average molecular weight is 329 g/mol. The van der Waals surface area contributed by atoms with E-state index in [1.807, 2.05) is 30.3 Å². The van der Waals surface area contributed by atoms with E-state index < -0.39 is 0 Å². The minimum atomic E-state index is 0.502. The lowest BCUT2D eigenvalue weighted by Crippen LogP contribution is -1.98. The highest BCUT2D eigenvalue weighted by molar-refractivity contribution is 5.62. The maximum atomic E-state index is 4.61. The minimum absolute atomic E-state index is 0.502. The zero-order valence-electron chi connectivity index (χ0n) is 14.3. The van der Waals surface area contributed by atoms with E-state index in [0.717, 1.165) is 23.2 Å². The summed E-state index contributed by atoms with van der Waals surface area (Å²) in [7, 11) is 0. The molecule has 5 nitrogen and oxygen atoms in total. The topological polar surface area (TPSA) is 56.0 Å². The van der Waals surface area contributed by atoms with Crippen LogP contribution in [-0.2, 0) is 6.42 Å². The van der Waals surface area contributed by atoms with Gasteiger partial charge in [-0.25, -0.2) is 4.98 Å². The Morgan fingerprint density at radius 3 is 2.36 bits per heavy atom. The van der Waals surface area contributed by atoms with Crippen LogP contribution in [0.1, 0.15) is 19.4 Å². The van der Waals surface area contributed by atoms with Gasteiger partial charge in [-0.2, -0.15) is 9.61 Å². The van der Waals surface area contributed by atoms with Crippen molar-refractivity contribution in [3.05, 3.63) is 66.4 Å². The normalized spacial score (nSPS) is 11.3. The van der Waals surface area contributed by atoms with Crippen molar-refractivity contribution >= 4 is 5.78 Å². The summed E-state index contributed by atoms with van der Waals surface area (Å²) in [6.45, 7) is 4.45. The smallest absolute Gasteiger partial charge is 0.208 e. The molecule has 0 unspecified atom stereocenters. The molecule has 0 aliphatic heterocycles. The molecule has 0 amide bonds. The van der Waals surface area contributed by atoms with Crippen molar-refractivity contribution in [3.63, 3.8) is 0 Å². The molecule has 0 radical (unpaired) electrons. The van der Waals surface area contributed by atoms with Crippen molar-refractivity contribution in [1.29, 1.82) is 0 Å². The molecule has 0 N–H and O–H groups in total. The van der Waals surface area contributed by atoms with Crippen LogP contribution in [0.2, 0.25) is 0 Å². The first kappa shape index (κ1) is 15.4. The van der Waals surface area contributed by atoms with Gasteiger partial charge in [0.15, 0.2) is 5.82 Å². The van der Waals surface area contributed by atoms with Crippen LogP contribution in [0.25, 0.3) is 28.4 Å². The predicted octanol–water partition coefficient (Wildman–Crippen LogP) is 4.05. The van der Waals surface area contributed by atoms with Crippen LogP contribution < -0.4 is 0 Å². The fraction of sp³-hybridized carbons (Fsp3) is 0.200. The molecule has 0 atom stereocenters. The number of benzene rings is 2. The molecule has 0 saturated carbocycles. The fourth-order valence-electron chi connectivity index (χ4n) is 2.89. The molecule has 2 aromatic carbocycles. The molecule has 0 aliphatic carbocycles. The van der Waals surface area contributed by atoms with Crippen molar-refractivity contribution in [2.75, 3.05) is 0 Å². The Kier molecular flexibility index (Phi) is 3.98. The van der Waals surface area contributed by atoms with Crippen molar-refractivity contribution in [3.8, 4) is 22.6 Å². The highest BCUT2D eigenvalue weighted by Gasteiger charge is 2.11. The van der Waals surface area contributed by atoms with Gasteiger partial charge in [0.25, 0.3) is 5.78 Å². The summed E-state index contributed by atoms with van der Waals surface area (Å²) in [6, 6.07) is 18.4. The van der Waals surface area contributed by atoms with Gasteiger partial charge in [-0.3, -0.25) is 0 Å². The first-order chi connectivity index (χ1) is 12.2. The Morgan fingerprint density at radius 2 is 1.64 bits per heavy atom. The van der Waals surface area contributed by atoms with Gasteiger partial charge in [-0.15, -0.1) is 10.2 Å². The quantitative estimate of drug-likeness (QED) is 0.567. The second kappa shape index (κ2) is 6.43. The third-order valence-corrected chi connectivity index (χ3v) is 4.07. The molecule has 124 valence electrons. The molecule has 0 saturated heterocycles. The summed E-state index contributed by atoms with van der Waals surface area (Å²) in [5.41, 5.74) is 4.14. The summed E-state index contributed by atoms with van der Waals surface area (Å²) in [5.74, 6) is 1.85.